The summed E-state index contributed by atoms with van der Waals surface area (Å²) in [6.07, 6.45) is 8.15. The predicted octanol–water partition coefficient (Wildman–Crippen LogP) is 3.20. The minimum Gasteiger partial charge on any atom is -0.492 e. The van der Waals surface area contributed by atoms with Crippen molar-refractivity contribution in [3.63, 3.8) is 0 Å². The maximum Gasteiger partial charge on any atom is 0.267 e. The number of pyridine rings is 1. The number of hydrogen-bond donors (Lipinski definition) is 2. The van der Waals surface area contributed by atoms with Gasteiger partial charge in [-0.1, -0.05) is 17.7 Å². The number of fused-ring (bicyclic) bond motifs is 1. The summed E-state index contributed by atoms with van der Waals surface area (Å²) in [6, 6.07) is 5.16. The maximum absolute atomic E-state index is 12.1. The third kappa shape index (κ3) is 3.49. The predicted molar refractivity (Wildman–Crippen MR) is 85.8 cm³/mol. The third-order valence-corrected chi connectivity index (χ3v) is 3.51. The molecule has 0 fully saturated rings. The number of aromatic amines is 1. The van der Waals surface area contributed by atoms with Crippen LogP contribution >= 0.6 is 11.6 Å². The summed E-state index contributed by atoms with van der Waals surface area (Å²) in [7, 11) is 0. The second kappa shape index (κ2) is 6.66. The molecular weight excluding hydrogens is 302 g/mol. The molecule has 1 aliphatic rings. The summed E-state index contributed by atoms with van der Waals surface area (Å²) >= 11 is 5.83. The summed E-state index contributed by atoms with van der Waals surface area (Å²) in [5.74, 6) is 0.677. The molecule has 114 valence electrons. The summed E-state index contributed by atoms with van der Waals surface area (Å²) < 4.78 is 5.56. The van der Waals surface area contributed by atoms with Crippen molar-refractivity contribution in [3.8, 4) is 0 Å². The van der Waals surface area contributed by atoms with Crippen molar-refractivity contribution < 1.29 is 9.53 Å². The molecule has 5 nitrogen and oxygen atoms in total. The van der Waals surface area contributed by atoms with Gasteiger partial charge in [-0.15, -0.1) is 0 Å². The number of aromatic nitrogens is 2. The SMILES string of the molecule is O=C(NCCOC1=CCCC=C1)c1cc2nc(Cl)ccc2[nH]1. The van der Waals surface area contributed by atoms with E-state index in [1.807, 2.05) is 6.08 Å². The molecule has 1 amide bonds. The van der Waals surface area contributed by atoms with E-state index >= 15 is 0 Å². The van der Waals surface area contributed by atoms with Crippen LogP contribution in [0.2, 0.25) is 5.15 Å². The first kappa shape index (κ1) is 14.7. The van der Waals surface area contributed by atoms with Gasteiger partial charge in [0, 0.05) is 0 Å². The molecule has 0 atom stereocenters. The van der Waals surface area contributed by atoms with E-state index in [2.05, 4.69) is 27.4 Å². The van der Waals surface area contributed by atoms with Gasteiger partial charge in [0.05, 0.1) is 17.6 Å². The summed E-state index contributed by atoms with van der Waals surface area (Å²) in [6.45, 7) is 0.875. The molecule has 22 heavy (non-hydrogen) atoms. The molecular formula is C16H16ClN3O2. The minimum atomic E-state index is -0.189. The van der Waals surface area contributed by atoms with Gasteiger partial charge in [-0.25, -0.2) is 4.98 Å². The fourth-order valence-electron chi connectivity index (χ4n) is 2.23. The molecule has 0 saturated carbocycles. The normalized spacial score (nSPS) is 14.0. The van der Waals surface area contributed by atoms with Crippen LogP contribution in [0, 0.1) is 0 Å². The van der Waals surface area contributed by atoms with Crippen LogP contribution in [-0.2, 0) is 4.74 Å². The molecule has 0 aromatic carbocycles. The summed E-state index contributed by atoms with van der Waals surface area (Å²) in [5.41, 5.74) is 1.91. The Hall–Kier alpha value is -2.27. The summed E-state index contributed by atoms with van der Waals surface area (Å²) in [5, 5.41) is 3.21. The lowest BCUT2D eigenvalue weighted by Gasteiger charge is -2.10. The van der Waals surface area contributed by atoms with Crippen molar-refractivity contribution >= 4 is 28.5 Å². The molecule has 0 aliphatic heterocycles. The molecule has 2 aromatic rings. The molecule has 2 N–H and O–H groups in total. The standard InChI is InChI=1S/C16H16ClN3O2/c17-15-7-6-12-13(20-15)10-14(19-12)16(21)18-8-9-22-11-4-2-1-3-5-11/h2,4-7,10,19H,1,3,8-9H2,(H,18,21). The molecule has 0 bridgehead atoms. The number of ether oxygens (including phenoxy) is 1. The van der Waals surface area contributed by atoms with E-state index in [0.29, 0.717) is 29.5 Å². The molecule has 0 unspecified atom stereocenters. The van der Waals surface area contributed by atoms with E-state index in [0.717, 1.165) is 24.1 Å². The fourth-order valence-corrected chi connectivity index (χ4v) is 2.39. The average molecular weight is 318 g/mol. The average Bonchev–Trinajstić information content (AvgIpc) is 2.95. The molecule has 2 aromatic heterocycles. The highest BCUT2D eigenvalue weighted by Gasteiger charge is 2.10. The quantitative estimate of drug-likeness (QED) is 0.657. The van der Waals surface area contributed by atoms with E-state index in [9.17, 15) is 4.79 Å². The minimum absolute atomic E-state index is 0.189. The largest absolute Gasteiger partial charge is 0.492 e. The van der Waals surface area contributed by atoms with Crippen LogP contribution in [0.3, 0.4) is 0 Å². The number of hydrogen-bond acceptors (Lipinski definition) is 3. The Labute approximate surface area is 133 Å². The van der Waals surface area contributed by atoms with Crippen LogP contribution in [0.5, 0.6) is 0 Å². The van der Waals surface area contributed by atoms with Crippen LogP contribution in [0.15, 0.2) is 42.2 Å². The lowest BCUT2D eigenvalue weighted by atomic mass is 10.2. The van der Waals surface area contributed by atoms with E-state index in [-0.39, 0.29) is 5.91 Å². The van der Waals surface area contributed by atoms with Gasteiger partial charge in [0.2, 0.25) is 0 Å². The van der Waals surface area contributed by atoms with E-state index in [4.69, 9.17) is 16.3 Å². The van der Waals surface area contributed by atoms with Crippen LogP contribution in [0.1, 0.15) is 23.3 Å². The number of carbonyl (C=O) groups is 1. The molecule has 0 saturated heterocycles. The van der Waals surface area contributed by atoms with Crippen LogP contribution in [0.25, 0.3) is 11.0 Å². The van der Waals surface area contributed by atoms with Gasteiger partial charge < -0.3 is 15.0 Å². The zero-order chi connectivity index (χ0) is 15.4. The molecule has 2 heterocycles. The van der Waals surface area contributed by atoms with Gasteiger partial charge >= 0.3 is 0 Å². The van der Waals surface area contributed by atoms with E-state index in [1.165, 1.54) is 0 Å². The van der Waals surface area contributed by atoms with Gasteiger partial charge in [-0.05, 0) is 43.2 Å². The van der Waals surface area contributed by atoms with Crippen LogP contribution < -0.4 is 5.32 Å². The molecule has 0 radical (unpaired) electrons. The fraction of sp³-hybridized carbons (Fsp3) is 0.250. The van der Waals surface area contributed by atoms with Gasteiger partial charge in [0.15, 0.2) is 0 Å². The van der Waals surface area contributed by atoms with Crippen molar-refractivity contribution in [2.24, 2.45) is 0 Å². The van der Waals surface area contributed by atoms with Crippen molar-refractivity contribution in [3.05, 3.63) is 53.0 Å². The molecule has 0 spiro atoms. The first-order valence-electron chi connectivity index (χ1n) is 7.15. The lowest BCUT2D eigenvalue weighted by molar-refractivity contribution is 0.0936. The van der Waals surface area contributed by atoms with Crippen molar-refractivity contribution in [1.82, 2.24) is 15.3 Å². The maximum atomic E-state index is 12.1. The van der Waals surface area contributed by atoms with Crippen LogP contribution in [0.4, 0.5) is 0 Å². The summed E-state index contributed by atoms with van der Waals surface area (Å²) in [4.78, 5) is 19.2. The number of rotatable bonds is 5. The number of amides is 1. The topological polar surface area (TPSA) is 67.0 Å². The smallest absolute Gasteiger partial charge is 0.267 e. The Morgan fingerprint density at radius 3 is 3.14 bits per heavy atom. The second-order valence-electron chi connectivity index (χ2n) is 4.94. The number of allylic oxidation sites excluding steroid dienone is 3. The Balaban J connectivity index is 1.52. The van der Waals surface area contributed by atoms with Gasteiger partial charge in [-0.2, -0.15) is 0 Å². The highest BCUT2D eigenvalue weighted by atomic mass is 35.5. The number of H-pyrrole nitrogens is 1. The van der Waals surface area contributed by atoms with Gasteiger partial charge in [-0.3, -0.25) is 4.79 Å². The Morgan fingerprint density at radius 2 is 2.32 bits per heavy atom. The van der Waals surface area contributed by atoms with Crippen LogP contribution in [-0.4, -0.2) is 29.0 Å². The van der Waals surface area contributed by atoms with E-state index < -0.39 is 0 Å². The Bertz CT molecular complexity index is 749. The number of carbonyl (C=O) groups excluding carboxylic acids is 1. The number of halogens is 1. The van der Waals surface area contributed by atoms with Gasteiger partial charge in [0.1, 0.15) is 23.2 Å². The van der Waals surface area contributed by atoms with Crippen molar-refractivity contribution in [2.45, 2.75) is 12.8 Å². The molecule has 3 rings (SSSR count). The van der Waals surface area contributed by atoms with Crippen molar-refractivity contribution in [2.75, 3.05) is 13.2 Å². The molecule has 1 aliphatic carbocycles. The number of nitrogens with one attached hydrogen (secondary N) is 2. The number of nitrogens with zero attached hydrogens (tertiary/aromatic N) is 1. The highest BCUT2D eigenvalue weighted by molar-refractivity contribution is 6.29. The monoisotopic (exact) mass is 317 g/mol. The third-order valence-electron chi connectivity index (χ3n) is 3.30. The Morgan fingerprint density at radius 1 is 1.41 bits per heavy atom. The highest BCUT2D eigenvalue weighted by Crippen LogP contribution is 2.16. The Kier molecular flexibility index (Phi) is 4.44. The first-order chi connectivity index (χ1) is 10.7. The lowest BCUT2D eigenvalue weighted by Crippen LogP contribution is -2.27. The second-order valence-corrected chi connectivity index (χ2v) is 5.33. The van der Waals surface area contributed by atoms with Crippen molar-refractivity contribution in [1.29, 1.82) is 0 Å². The van der Waals surface area contributed by atoms with Gasteiger partial charge in [0.25, 0.3) is 5.91 Å². The molecule has 6 heteroatoms. The first-order valence-corrected chi connectivity index (χ1v) is 7.53. The zero-order valence-corrected chi connectivity index (χ0v) is 12.7. The zero-order valence-electron chi connectivity index (χ0n) is 11.9. The van der Waals surface area contributed by atoms with E-state index in [1.54, 1.807) is 18.2 Å².